The van der Waals surface area contributed by atoms with Crippen LogP contribution in [0.4, 0.5) is 0 Å². The van der Waals surface area contributed by atoms with Gasteiger partial charge in [-0.2, -0.15) is 0 Å². The number of aryl methyl sites for hydroxylation is 1. The van der Waals surface area contributed by atoms with Gasteiger partial charge in [0, 0.05) is 12.8 Å². The Morgan fingerprint density at radius 3 is 2.74 bits per heavy atom. The van der Waals surface area contributed by atoms with Crippen LogP contribution in [0.3, 0.4) is 0 Å². The molecule has 1 aromatic carbocycles. The molecule has 3 unspecified atom stereocenters. The van der Waals surface area contributed by atoms with Crippen molar-refractivity contribution < 1.29 is 14.6 Å². The van der Waals surface area contributed by atoms with Gasteiger partial charge in [0.05, 0.1) is 18.1 Å². The Kier molecular flexibility index (Phi) is 6.26. The summed E-state index contributed by atoms with van der Waals surface area (Å²) in [5.74, 6) is -0.0813. The van der Waals surface area contributed by atoms with Gasteiger partial charge >= 0.3 is 0 Å². The van der Waals surface area contributed by atoms with Gasteiger partial charge < -0.3 is 24.9 Å². The lowest BCUT2D eigenvalue weighted by Crippen LogP contribution is -2.39. The van der Waals surface area contributed by atoms with Crippen molar-refractivity contribution in [3.63, 3.8) is 0 Å². The van der Waals surface area contributed by atoms with Gasteiger partial charge in [0.1, 0.15) is 0 Å². The number of hydrogen-bond acceptors (Lipinski definition) is 5. The zero-order valence-corrected chi connectivity index (χ0v) is 16.9. The molecule has 0 spiro atoms. The standard InChI is InChI=1S/C22H32NO4/c1-15-7-6-10-18(23(3)25)19(15)21(24)27-22(12-13-22)20-16(2)8-5-9-17(20)11-14-26-4/h5,8-10,15,19,21,24H,6-7,11-14H2,1-4H3/q-1. The van der Waals surface area contributed by atoms with Crippen molar-refractivity contribution in [2.45, 2.75) is 57.8 Å². The molecule has 1 aromatic rings. The largest absolute Gasteiger partial charge is 0.759 e. The molecule has 1 saturated carbocycles. The number of aliphatic hydroxyl groups is 1. The van der Waals surface area contributed by atoms with E-state index in [1.807, 2.05) is 6.08 Å². The van der Waals surface area contributed by atoms with E-state index >= 15 is 0 Å². The van der Waals surface area contributed by atoms with E-state index in [0.717, 1.165) is 37.2 Å². The second-order valence-electron chi connectivity index (χ2n) is 8.06. The van der Waals surface area contributed by atoms with Gasteiger partial charge in [0.25, 0.3) is 0 Å². The summed E-state index contributed by atoms with van der Waals surface area (Å²) in [7, 11) is 3.21. The summed E-state index contributed by atoms with van der Waals surface area (Å²) in [6, 6.07) is 6.28. The summed E-state index contributed by atoms with van der Waals surface area (Å²) in [5.41, 5.74) is 3.78. The Hall–Kier alpha value is -1.40. The van der Waals surface area contributed by atoms with Crippen molar-refractivity contribution >= 4 is 0 Å². The van der Waals surface area contributed by atoms with Crippen LogP contribution in [0.1, 0.15) is 49.3 Å². The lowest BCUT2D eigenvalue weighted by Gasteiger charge is -2.42. The second-order valence-corrected chi connectivity index (χ2v) is 8.06. The van der Waals surface area contributed by atoms with E-state index < -0.39 is 11.9 Å². The highest BCUT2D eigenvalue weighted by Gasteiger charge is 2.51. The average molecular weight is 375 g/mol. The molecule has 2 aliphatic rings. The third kappa shape index (κ3) is 4.21. The molecule has 2 aliphatic carbocycles. The maximum atomic E-state index is 12.0. The zero-order valence-electron chi connectivity index (χ0n) is 16.9. The fraction of sp³-hybridized carbons (Fsp3) is 0.636. The number of ether oxygens (including phenoxy) is 2. The Labute approximate surface area is 162 Å². The van der Waals surface area contributed by atoms with E-state index in [4.69, 9.17) is 9.47 Å². The number of methoxy groups -OCH3 is 1. The molecular formula is C22H32NO4-. The van der Waals surface area contributed by atoms with Crippen LogP contribution >= 0.6 is 0 Å². The molecule has 0 radical (unpaired) electrons. The van der Waals surface area contributed by atoms with E-state index in [-0.39, 0.29) is 11.8 Å². The zero-order chi connectivity index (χ0) is 19.6. The Morgan fingerprint density at radius 1 is 1.37 bits per heavy atom. The highest BCUT2D eigenvalue weighted by molar-refractivity contribution is 5.42. The molecule has 1 fully saturated rings. The summed E-state index contributed by atoms with van der Waals surface area (Å²) in [4.78, 5) is 0. The topological polar surface area (TPSA) is 65.0 Å². The number of benzene rings is 1. The molecule has 3 atom stereocenters. The predicted molar refractivity (Wildman–Crippen MR) is 106 cm³/mol. The first-order chi connectivity index (χ1) is 12.9. The molecule has 0 heterocycles. The Bertz CT molecular complexity index is 681. The minimum absolute atomic E-state index is 0.206. The highest BCUT2D eigenvalue weighted by atomic mass is 16.6. The fourth-order valence-electron chi connectivity index (χ4n) is 4.51. The van der Waals surface area contributed by atoms with Crippen molar-refractivity contribution in [1.82, 2.24) is 5.06 Å². The number of rotatable bonds is 8. The monoisotopic (exact) mass is 374 g/mol. The number of hydrogen-bond donors (Lipinski definition) is 1. The van der Waals surface area contributed by atoms with Gasteiger partial charge in [-0.25, -0.2) is 0 Å². The van der Waals surface area contributed by atoms with Crippen molar-refractivity contribution in [2.24, 2.45) is 11.8 Å². The number of aliphatic hydroxyl groups excluding tert-OH is 1. The van der Waals surface area contributed by atoms with E-state index in [1.54, 1.807) is 7.11 Å². The van der Waals surface area contributed by atoms with Gasteiger partial charge in [0.15, 0.2) is 6.29 Å². The average Bonchev–Trinajstić information content (AvgIpc) is 3.39. The summed E-state index contributed by atoms with van der Waals surface area (Å²) >= 11 is 0. The lowest BCUT2D eigenvalue weighted by atomic mass is 9.82. The van der Waals surface area contributed by atoms with Gasteiger partial charge in [-0.1, -0.05) is 31.2 Å². The summed E-state index contributed by atoms with van der Waals surface area (Å²) in [5, 5.41) is 23.9. The molecule has 0 aliphatic heterocycles. The van der Waals surface area contributed by atoms with E-state index in [2.05, 4.69) is 32.0 Å². The molecule has 5 nitrogen and oxygen atoms in total. The Morgan fingerprint density at radius 2 is 2.11 bits per heavy atom. The van der Waals surface area contributed by atoms with Crippen LogP contribution in [0.25, 0.3) is 0 Å². The van der Waals surface area contributed by atoms with Crippen molar-refractivity contribution in [3.05, 3.63) is 51.9 Å². The summed E-state index contributed by atoms with van der Waals surface area (Å²) in [6.45, 7) is 4.84. The first-order valence-corrected chi connectivity index (χ1v) is 9.94. The van der Waals surface area contributed by atoms with Crippen LogP contribution in [0, 0.1) is 24.0 Å². The first-order valence-electron chi connectivity index (χ1n) is 9.94. The number of allylic oxidation sites excluding steroid dienone is 1. The smallest absolute Gasteiger partial charge is 0.164 e. The molecular weight excluding hydrogens is 342 g/mol. The van der Waals surface area contributed by atoms with Crippen LogP contribution in [-0.4, -0.2) is 37.2 Å². The molecule has 0 amide bonds. The second kappa shape index (κ2) is 8.31. The minimum Gasteiger partial charge on any atom is -0.759 e. The van der Waals surface area contributed by atoms with Crippen LogP contribution in [0.2, 0.25) is 0 Å². The van der Waals surface area contributed by atoms with Gasteiger partial charge in [0.2, 0.25) is 0 Å². The van der Waals surface area contributed by atoms with E-state index in [1.165, 1.54) is 23.7 Å². The SMILES string of the molecule is COCCc1cccc(C)c1C1(OC(O)C2C(N(C)[O-])=CCCC2C)CC1. The van der Waals surface area contributed by atoms with Gasteiger partial charge in [-0.3, -0.25) is 0 Å². The molecule has 0 saturated heterocycles. The molecule has 3 rings (SSSR count). The quantitative estimate of drug-likeness (QED) is 0.553. The van der Waals surface area contributed by atoms with Crippen LogP contribution < -0.4 is 0 Å². The van der Waals surface area contributed by atoms with E-state index in [9.17, 15) is 10.3 Å². The molecule has 150 valence electrons. The summed E-state index contributed by atoms with van der Waals surface area (Å²) in [6.07, 6.45) is 5.39. The maximum Gasteiger partial charge on any atom is 0.164 e. The first kappa shape index (κ1) is 20.3. The molecule has 5 heteroatoms. The molecule has 0 bridgehead atoms. The Balaban J connectivity index is 1.85. The van der Waals surface area contributed by atoms with Crippen molar-refractivity contribution in [1.29, 1.82) is 0 Å². The third-order valence-electron chi connectivity index (χ3n) is 6.04. The predicted octanol–water partition coefficient (Wildman–Crippen LogP) is 3.87. The van der Waals surface area contributed by atoms with Crippen LogP contribution in [0.5, 0.6) is 0 Å². The van der Waals surface area contributed by atoms with Crippen LogP contribution in [0.15, 0.2) is 30.0 Å². The fourth-order valence-corrected chi connectivity index (χ4v) is 4.51. The lowest BCUT2D eigenvalue weighted by molar-refractivity contribution is -0.184. The van der Waals surface area contributed by atoms with E-state index in [0.29, 0.717) is 12.3 Å². The maximum absolute atomic E-state index is 12.0. The van der Waals surface area contributed by atoms with Gasteiger partial charge in [-0.05, 0) is 68.7 Å². The molecule has 27 heavy (non-hydrogen) atoms. The molecule has 0 aromatic heterocycles. The minimum atomic E-state index is -0.986. The van der Waals surface area contributed by atoms with Gasteiger partial charge in [-0.15, -0.1) is 0 Å². The van der Waals surface area contributed by atoms with Crippen molar-refractivity contribution in [3.8, 4) is 0 Å². The number of nitrogens with zero attached hydrogens (tertiary/aromatic N) is 1. The third-order valence-corrected chi connectivity index (χ3v) is 6.04. The van der Waals surface area contributed by atoms with Crippen molar-refractivity contribution in [2.75, 3.05) is 20.8 Å². The molecule has 1 N–H and O–H groups in total. The highest BCUT2D eigenvalue weighted by Crippen LogP contribution is 2.53. The number of hydroxylamine groups is 2. The normalized spacial score (nSPS) is 25.0. The van der Waals surface area contributed by atoms with Crippen LogP contribution in [-0.2, 0) is 21.5 Å². The summed E-state index contributed by atoms with van der Waals surface area (Å²) < 4.78 is 11.6.